The van der Waals surface area contributed by atoms with E-state index in [0.717, 1.165) is 5.56 Å². The second-order valence-corrected chi connectivity index (χ2v) is 4.14. The Bertz CT molecular complexity index is 404. The topological polar surface area (TPSA) is 67.5 Å². The molecule has 0 amide bonds. The van der Waals surface area contributed by atoms with E-state index in [1.807, 2.05) is 23.1 Å². The molecule has 1 heterocycles. The van der Waals surface area contributed by atoms with Gasteiger partial charge in [-0.15, -0.1) is 0 Å². The Labute approximate surface area is 94.4 Å². The number of likely N-dealkylation sites (tertiary alicyclic amines) is 1. The molecule has 0 saturated carbocycles. The second-order valence-electron chi connectivity index (χ2n) is 4.14. The van der Waals surface area contributed by atoms with E-state index in [1.54, 1.807) is 6.07 Å². The maximum atomic E-state index is 9.40. The number of hydrogen-bond acceptors (Lipinski definition) is 4. The molecule has 2 atom stereocenters. The van der Waals surface area contributed by atoms with Crippen LogP contribution in [0, 0.1) is 11.3 Å². The first kappa shape index (κ1) is 11.1. The Balaban J connectivity index is 2.02. The highest BCUT2D eigenvalue weighted by molar-refractivity contribution is 5.32. The summed E-state index contributed by atoms with van der Waals surface area (Å²) in [7, 11) is 0. The SMILES string of the molecule is N#Cc1cccc(CN2C[C@@H](O)[C@@H](O)C2)c1. The van der Waals surface area contributed by atoms with Crippen LogP contribution in [0.4, 0.5) is 0 Å². The van der Waals surface area contributed by atoms with Crippen molar-refractivity contribution in [3.05, 3.63) is 35.4 Å². The molecule has 1 fully saturated rings. The van der Waals surface area contributed by atoms with Crippen LogP contribution in [-0.2, 0) is 6.54 Å². The van der Waals surface area contributed by atoms with Gasteiger partial charge in [-0.2, -0.15) is 5.26 Å². The molecule has 0 radical (unpaired) electrons. The van der Waals surface area contributed by atoms with Gasteiger partial charge in [-0.05, 0) is 17.7 Å². The van der Waals surface area contributed by atoms with E-state index in [2.05, 4.69) is 6.07 Å². The van der Waals surface area contributed by atoms with Gasteiger partial charge in [-0.1, -0.05) is 12.1 Å². The van der Waals surface area contributed by atoms with Crippen LogP contribution in [0.2, 0.25) is 0 Å². The smallest absolute Gasteiger partial charge is 0.0991 e. The highest BCUT2D eigenvalue weighted by atomic mass is 16.3. The molecule has 1 aliphatic heterocycles. The van der Waals surface area contributed by atoms with E-state index in [4.69, 9.17) is 5.26 Å². The zero-order valence-electron chi connectivity index (χ0n) is 8.87. The average molecular weight is 218 g/mol. The molecule has 0 aromatic heterocycles. The largest absolute Gasteiger partial charge is 0.389 e. The lowest BCUT2D eigenvalue weighted by Gasteiger charge is -2.14. The van der Waals surface area contributed by atoms with Gasteiger partial charge in [0.15, 0.2) is 0 Å². The number of nitrogens with zero attached hydrogens (tertiary/aromatic N) is 2. The second kappa shape index (κ2) is 4.62. The summed E-state index contributed by atoms with van der Waals surface area (Å²) in [6, 6.07) is 9.47. The van der Waals surface area contributed by atoms with Crippen LogP contribution < -0.4 is 0 Å². The van der Waals surface area contributed by atoms with Crippen molar-refractivity contribution < 1.29 is 10.2 Å². The number of β-amino-alcohol motifs (C(OH)–C–C–N with tert-alkyl or cyclic N) is 2. The molecule has 0 aliphatic carbocycles. The van der Waals surface area contributed by atoms with E-state index in [1.165, 1.54) is 0 Å². The number of nitriles is 1. The van der Waals surface area contributed by atoms with E-state index in [0.29, 0.717) is 25.2 Å². The predicted molar refractivity (Wildman–Crippen MR) is 58.4 cm³/mol. The highest BCUT2D eigenvalue weighted by Crippen LogP contribution is 2.14. The molecule has 0 unspecified atom stereocenters. The molecule has 1 aromatic rings. The van der Waals surface area contributed by atoms with Crippen molar-refractivity contribution in [2.75, 3.05) is 13.1 Å². The minimum Gasteiger partial charge on any atom is -0.389 e. The summed E-state index contributed by atoms with van der Waals surface area (Å²) >= 11 is 0. The standard InChI is InChI=1S/C12H14N2O2/c13-5-9-2-1-3-10(4-9)6-14-7-11(15)12(16)8-14/h1-4,11-12,15-16H,6-8H2/t11-,12+. The molecular weight excluding hydrogens is 204 g/mol. The Morgan fingerprint density at radius 3 is 2.62 bits per heavy atom. The molecule has 1 aliphatic rings. The van der Waals surface area contributed by atoms with Crippen LogP contribution in [0.3, 0.4) is 0 Å². The molecule has 0 bridgehead atoms. The summed E-state index contributed by atoms with van der Waals surface area (Å²) in [5, 5.41) is 27.6. The van der Waals surface area contributed by atoms with E-state index < -0.39 is 12.2 Å². The molecule has 0 spiro atoms. The third-order valence-corrected chi connectivity index (χ3v) is 2.80. The first-order valence-electron chi connectivity index (χ1n) is 5.26. The predicted octanol–water partition coefficient (Wildman–Crippen LogP) is 0.0957. The Kier molecular flexibility index (Phi) is 3.20. The molecule has 4 heteroatoms. The number of aliphatic hydroxyl groups excluding tert-OH is 2. The van der Waals surface area contributed by atoms with Gasteiger partial charge >= 0.3 is 0 Å². The monoisotopic (exact) mass is 218 g/mol. The van der Waals surface area contributed by atoms with Crippen LogP contribution in [0.1, 0.15) is 11.1 Å². The summed E-state index contributed by atoms with van der Waals surface area (Å²) in [5.74, 6) is 0. The molecule has 2 N–H and O–H groups in total. The lowest BCUT2D eigenvalue weighted by atomic mass is 10.1. The fourth-order valence-corrected chi connectivity index (χ4v) is 1.97. The Hall–Kier alpha value is -1.41. The summed E-state index contributed by atoms with van der Waals surface area (Å²) in [6.07, 6.45) is -1.31. The molecule has 1 aromatic carbocycles. The molecule has 1 saturated heterocycles. The molecule has 16 heavy (non-hydrogen) atoms. The van der Waals surface area contributed by atoms with Gasteiger partial charge in [0.1, 0.15) is 0 Å². The summed E-state index contributed by atoms with van der Waals surface area (Å²) in [4.78, 5) is 1.98. The number of hydrogen-bond donors (Lipinski definition) is 2. The number of aliphatic hydroxyl groups is 2. The minimum absolute atomic E-state index is 0.484. The summed E-state index contributed by atoms with van der Waals surface area (Å²) in [5.41, 5.74) is 1.66. The van der Waals surface area contributed by atoms with E-state index in [9.17, 15) is 10.2 Å². The Morgan fingerprint density at radius 1 is 1.31 bits per heavy atom. The zero-order chi connectivity index (χ0) is 11.5. The van der Waals surface area contributed by atoms with Crippen molar-refractivity contribution in [3.8, 4) is 6.07 Å². The zero-order valence-corrected chi connectivity index (χ0v) is 8.87. The normalized spacial score (nSPS) is 25.6. The van der Waals surface area contributed by atoms with Crippen LogP contribution in [0.25, 0.3) is 0 Å². The minimum atomic E-state index is -0.654. The molecular formula is C12H14N2O2. The van der Waals surface area contributed by atoms with Crippen molar-refractivity contribution in [1.29, 1.82) is 5.26 Å². The molecule has 84 valence electrons. The van der Waals surface area contributed by atoms with Gasteiger partial charge in [0.2, 0.25) is 0 Å². The first-order valence-corrected chi connectivity index (χ1v) is 5.26. The van der Waals surface area contributed by atoms with Gasteiger partial charge < -0.3 is 10.2 Å². The molecule has 4 nitrogen and oxygen atoms in total. The van der Waals surface area contributed by atoms with Gasteiger partial charge in [-0.3, -0.25) is 4.90 Å². The van der Waals surface area contributed by atoms with Crippen LogP contribution in [0.5, 0.6) is 0 Å². The average Bonchev–Trinajstić information content (AvgIpc) is 2.58. The van der Waals surface area contributed by atoms with Gasteiger partial charge in [-0.25, -0.2) is 0 Å². The third kappa shape index (κ3) is 2.39. The van der Waals surface area contributed by atoms with Crippen molar-refractivity contribution in [2.24, 2.45) is 0 Å². The summed E-state index contributed by atoms with van der Waals surface area (Å²) in [6.45, 7) is 1.62. The highest BCUT2D eigenvalue weighted by Gasteiger charge is 2.29. The maximum absolute atomic E-state index is 9.40. The fraction of sp³-hybridized carbons (Fsp3) is 0.417. The van der Waals surface area contributed by atoms with Crippen molar-refractivity contribution >= 4 is 0 Å². The van der Waals surface area contributed by atoms with Gasteiger partial charge in [0.05, 0.1) is 23.8 Å². The molecule has 2 rings (SSSR count). The van der Waals surface area contributed by atoms with Crippen molar-refractivity contribution in [2.45, 2.75) is 18.8 Å². The van der Waals surface area contributed by atoms with Crippen LogP contribution >= 0.6 is 0 Å². The summed E-state index contributed by atoms with van der Waals surface area (Å²) < 4.78 is 0. The lowest BCUT2D eigenvalue weighted by Crippen LogP contribution is -2.22. The first-order chi connectivity index (χ1) is 7.69. The maximum Gasteiger partial charge on any atom is 0.0991 e. The third-order valence-electron chi connectivity index (χ3n) is 2.80. The van der Waals surface area contributed by atoms with E-state index >= 15 is 0 Å². The Morgan fingerprint density at radius 2 is 2.00 bits per heavy atom. The fourth-order valence-electron chi connectivity index (χ4n) is 1.97. The van der Waals surface area contributed by atoms with Crippen molar-refractivity contribution in [3.63, 3.8) is 0 Å². The lowest BCUT2D eigenvalue weighted by molar-refractivity contribution is 0.0572. The number of benzene rings is 1. The van der Waals surface area contributed by atoms with Gasteiger partial charge in [0, 0.05) is 19.6 Å². The van der Waals surface area contributed by atoms with Crippen LogP contribution in [-0.4, -0.2) is 40.4 Å². The van der Waals surface area contributed by atoms with Gasteiger partial charge in [0.25, 0.3) is 0 Å². The number of rotatable bonds is 2. The van der Waals surface area contributed by atoms with Crippen molar-refractivity contribution in [1.82, 2.24) is 4.90 Å². The quantitative estimate of drug-likeness (QED) is 0.738. The van der Waals surface area contributed by atoms with Crippen LogP contribution in [0.15, 0.2) is 24.3 Å². The van der Waals surface area contributed by atoms with E-state index in [-0.39, 0.29) is 0 Å².